The van der Waals surface area contributed by atoms with Crippen molar-refractivity contribution in [2.24, 2.45) is 0 Å². The van der Waals surface area contributed by atoms with Gasteiger partial charge in [0.1, 0.15) is 23.0 Å². The molecule has 1 fully saturated rings. The Balaban J connectivity index is 1.53. The van der Waals surface area contributed by atoms with Gasteiger partial charge in [-0.2, -0.15) is 18.0 Å². The molecule has 2 N–H and O–H groups in total. The molecule has 1 aliphatic heterocycles. The van der Waals surface area contributed by atoms with Crippen LogP contribution in [-0.4, -0.2) is 53.6 Å². The van der Waals surface area contributed by atoms with E-state index in [4.69, 9.17) is 9.47 Å². The Morgan fingerprint density at radius 1 is 1.20 bits per heavy atom. The highest BCUT2D eigenvalue weighted by atomic mass is 32.2. The molecular weight excluding hydrogens is 555 g/mol. The van der Waals surface area contributed by atoms with Gasteiger partial charge in [-0.05, 0) is 70.4 Å². The molecule has 0 atom stereocenters. The Morgan fingerprint density at radius 3 is 2.61 bits per heavy atom. The summed E-state index contributed by atoms with van der Waals surface area (Å²) >= 11 is 0. The van der Waals surface area contributed by atoms with Gasteiger partial charge in [-0.1, -0.05) is 0 Å². The fraction of sp³-hybridized carbons (Fsp3) is 0.407. The molecule has 12 nitrogen and oxygen atoms in total. The lowest BCUT2D eigenvalue weighted by atomic mass is 10.1. The van der Waals surface area contributed by atoms with Crippen LogP contribution >= 0.6 is 0 Å². The number of nitrogens with zero attached hydrogens (tertiary/aromatic N) is 4. The fourth-order valence-electron chi connectivity index (χ4n) is 4.22. The molecule has 1 aromatic heterocycles. The summed E-state index contributed by atoms with van der Waals surface area (Å²) in [7, 11) is -3.94. The minimum absolute atomic E-state index is 0.0516. The Kier molecular flexibility index (Phi) is 8.79. The third kappa shape index (κ3) is 7.30. The molecule has 0 bridgehead atoms. The normalized spacial score (nSPS) is 14.0. The molecule has 1 aliphatic rings. The molecular formula is C27H31FN6O6S. The van der Waals surface area contributed by atoms with E-state index >= 15 is 0 Å². The summed E-state index contributed by atoms with van der Waals surface area (Å²) in [6.45, 7) is 6.51. The van der Waals surface area contributed by atoms with Crippen LogP contribution in [0.1, 0.15) is 45.6 Å². The second-order valence-corrected chi connectivity index (χ2v) is 12.1. The molecule has 0 unspecified atom stereocenters. The first kappa shape index (κ1) is 29.8. The van der Waals surface area contributed by atoms with E-state index in [2.05, 4.69) is 15.0 Å². The van der Waals surface area contributed by atoms with Crippen LogP contribution in [0.5, 0.6) is 11.5 Å². The Hall–Kier alpha value is -4.22. The first-order valence-electron chi connectivity index (χ1n) is 13.0. The van der Waals surface area contributed by atoms with Gasteiger partial charge in [-0.25, -0.2) is 14.2 Å². The second kappa shape index (κ2) is 12.1. The maximum absolute atomic E-state index is 14.8. The maximum atomic E-state index is 14.8. The minimum Gasteiger partial charge on any atom is -0.453 e. The summed E-state index contributed by atoms with van der Waals surface area (Å²) in [5, 5.41) is 12.6. The molecule has 41 heavy (non-hydrogen) atoms. The number of anilines is 1. The number of halogens is 1. The fourth-order valence-corrected chi connectivity index (χ4v) is 5.53. The number of carbonyl (C=O) groups is 1. The topological polar surface area (TPSA) is 156 Å². The number of benzene rings is 2. The predicted octanol–water partition coefficient (Wildman–Crippen LogP) is 3.87. The zero-order chi connectivity index (χ0) is 29.8. The molecule has 0 spiro atoms. The molecule has 1 amide bonds. The van der Waals surface area contributed by atoms with Crippen molar-refractivity contribution in [3.8, 4) is 17.6 Å². The van der Waals surface area contributed by atoms with Gasteiger partial charge in [-0.15, -0.1) is 0 Å². The van der Waals surface area contributed by atoms with E-state index in [1.54, 1.807) is 20.8 Å². The molecule has 2 heterocycles. The number of fused-ring (bicyclic) bond motifs is 1. The highest BCUT2D eigenvalue weighted by Gasteiger charge is 2.27. The first-order chi connectivity index (χ1) is 19.4. The number of nitriles is 1. The van der Waals surface area contributed by atoms with Gasteiger partial charge in [0.15, 0.2) is 11.6 Å². The monoisotopic (exact) mass is 586 g/mol. The molecule has 14 heteroatoms. The van der Waals surface area contributed by atoms with Crippen molar-refractivity contribution in [2.45, 2.75) is 52.2 Å². The van der Waals surface area contributed by atoms with Crippen LogP contribution in [0.2, 0.25) is 0 Å². The zero-order valence-corrected chi connectivity index (χ0v) is 23.8. The van der Waals surface area contributed by atoms with E-state index in [1.165, 1.54) is 33.4 Å². The van der Waals surface area contributed by atoms with Gasteiger partial charge in [0.2, 0.25) is 0 Å². The van der Waals surface area contributed by atoms with Gasteiger partial charge in [-0.3, -0.25) is 14.1 Å². The van der Waals surface area contributed by atoms with Crippen molar-refractivity contribution in [1.29, 1.82) is 5.26 Å². The molecule has 2 aromatic carbocycles. The molecule has 218 valence electrons. The first-order valence-corrected chi connectivity index (χ1v) is 14.5. The Morgan fingerprint density at radius 2 is 1.93 bits per heavy atom. The van der Waals surface area contributed by atoms with Crippen molar-refractivity contribution in [1.82, 2.24) is 19.2 Å². The van der Waals surface area contributed by atoms with Crippen molar-refractivity contribution in [2.75, 3.05) is 24.4 Å². The van der Waals surface area contributed by atoms with Gasteiger partial charge >= 0.3 is 16.3 Å². The van der Waals surface area contributed by atoms with Crippen molar-refractivity contribution >= 4 is 32.9 Å². The largest absolute Gasteiger partial charge is 0.453 e. The lowest BCUT2D eigenvalue weighted by Crippen LogP contribution is -2.33. The lowest BCUT2D eigenvalue weighted by Gasteiger charge is -2.19. The van der Waals surface area contributed by atoms with Crippen molar-refractivity contribution in [3.63, 3.8) is 0 Å². The van der Waals surface area contributed by atoms with E-state index in [1.807, 2.05) is 6.07 Å². The number of aromatic nitrogens is 2. The van der Waals surface area contributed by atoms with Gasteiger partial charge in [0.05, 0.1) is 22.9 Å². The van der Waals surface area contributed by atoms with E-state index in [0.717, 1.165) is 25.0 Å². The Labute approximate surface area is 236 Å². The number of rotatable bonds is 9. The number of ether oxygens (including phenoxy) is 2. The zero-order valence-electron chi connectivity index (χ0n) is 22.9. The van der Waals surface area contributed by atoms with E-state index in [9.17, 15) is 27.7 Å². The van der Waals surface area contributed by atoms with Gasteiger partial charge in [0.25, 0.3) is 5.56 Å². The third-order valence-corrected chi connectivity index (χ3v) is 7.65. The molecule has 4 rings (SSSR count). The summed E-state index contributed by atoms with van der Waals surface area (Å²) in [5.41, 5.74) is -1.10. The van der Waals surface area contributed by atoms with Crippen LogP contribution < -0.4 is 20.3 Å². The number of hydrogen-bond donors (Lipinski definition) is 2. The molecule has 0 saturated carbocycles. The highest BCUT2D eigenvalue weighted by Crippen LogP contribution is 2.34. The van der Waals surface area contributed by atoms with E-state index in [0.29, 0.717) is 25.0 Å². The molecule has 0 radical (unpaired) electrons. The number of hydrogen-bond acceptors (Lipinski definition) is 8. The number of alkyl carbamates (subject to hydrolysis) is 1. The van der Waals surface area contributed by atoms with Crippen LogP contribution in [0.3, 0.4) is 0 Å². The standard InChI is InChI=1S/C27H31FN6O6S/c1-27(2,3)40-26(36)30-11-6-12-33-17-31-22-9-7-18(15-19(22)25(33)35)39-24-20(16-29)23(10-8-21(24)28)32-41(37,38)34-13-4-5-14-34/h7-10,15,17,32H,4-6,11-14H2,1-3H3,(H,30,36). The van der Waals surface area contributed by atoms with Crippen molar-refractivity contribution < 1.29 is 27.1 Å². The summed E-state index contributed by atoms with van der Waals surface area (Å²) < 4.78 is 56.1. The van der Waals surface area contributed by atoms with Gasteiger partial charge in [0, 0.05) is 26.2 Å². The van der Waals surface area contributed by atoms with Crippen LogP contribution in [0.4, 0.5) is 14.9 Å². The summed E-state index contributed by atoms with van der Waals surface area (Å²) in [4.78, 5) is 29.2. The van der Waals surface area contributed by atoms with Crippen LogP contribution in [0, 0.1) is 17.1 Å². The van der Waals surface area contributed by atoms with Crippen LogP contribution in [0.25, 0.3) is 10.9 Å². The average Bonchev–Trinajstić information content (AvgIpc) is 3.45. The minimum atomic E-state index is -3.94. The number of nitrogens with one attached hydrogen (secondary N) is 2. The summed E-state index contributed by atoms with van der Waals surface area (Å²) in [6, 6.07) is 8.34. The average molecular weight is 587 g/mol. The quantitative estimate of drug-likeness (QED) is 0.358. The smallest absolute Gasteiger partial charge is 0.407 e. The predicted molar refractivity (Wildman–Crippen MR) is 149 cm³/mol. The lowest BCUT2D eigenvalue weighted by molar-refractivity contribution is 0.0526. The SMILES string of the molecule is CC(C)(C)OC(=O)NCCCn1cnc2ccc(Oc3c(F)ccc(NS(=O)(=O)N4CCCC4)c3C#N)cc2c1=O. The number of aryl methyl sites for hydroxylation is 1. The molecule has 1 saturated heterocycles. The van der Waals surface area contributed by atoms with E-state index in [-0.39, 0.29) is 41.0 Å². The van der Waals surface area contributed by atoms with Crippen LogP contribution in [-0.2, 0) is 21.5 Å². The maximum Gasteiger partial charge on any atom is 0.407 e. The van der Waals surface area contributed by atoms with Crippen molar-refractivity contribution in [3.05, 3.63) is 58.4 Å². The Bertz CT molecular complexity index is 1660. The summed E-state index contributed by atoms with van der Waals surface area (Å²) in [5.74, 6) is -1.31. The van der Waals surface area contributed by atoms with E-state index < -0.39 is 33.5 Å². The highest BCUT2D eigenvalue weighted by molar-refractivity contribution is 7.90. The number of carbonyl (C=O) groups excluding carboxylic acids is 1. The molecule has 3 aromatic rings. The molecule has 0 aliphatic carbocycles. The van der Waals surface area contributed by atoms with Crippen LogP contribution in [0.15, 0.2) is 41.5 Å². The summed E-state index contributed by atoms with van der Waals surface area (Å²) in [6.07, 6.45) is 2.72. The van der Waals surface area contributed by atoms with Gasteiger partial charge < -0.3 is 14.8 Å². The second-order valence-electron chi connectivity index (χ2n) is 10.4. The third-order valence-electron chi connectivity index (χ3n) is 6.12. The number of amides is 1.